The molecule has 24 heavy (non-hydrogen) atoms. The van der Waals surface area contributed by atoms with E-state index in [-0.39, 0.29) is 39.0 Å². The van der Waals surface area contributed by atoms with Crippen LogP contribution in [0.5, 0.6) is 0 Å². The zero-order valence-electron chi connectivity index (χ0n) is 12.1. The molecule has 1 aromatic rings. The van der Waals surface area contributed by atoms with E-state index in [0.717, 1.165) is 4.47 Å². The molecule has 2 saturated heterocycles. The highest BCUT2D eigenvalue weighted by Crippen LogP contribution is 2.55. The number of anilines is 1. The number of aliphatic hydroxyl groups is 1. The van der Waals surface area contributed by atoms with Crippen molar-refractivity contribution in [1.82, 2.24) is 0 Å². The van der Waals surface area contributed by atoms with Crippen LogP contribution in [-0.4, -0.2) is 38.7 Å². The number of rotatable bonds is 2. The molecule has 2 heterocycles. The van der Waals surface area contributed by atoms with Crippen LogP contribution in [0, 0.1) is 11.8 Å². The predicted octanol–water partition coefficient (Wildman–Crippen LogP) is 3.32. The van der Waals surface area contributed by atoms with Crippen LogP contribution < -0.4 is 5.32 Å². The molecule has 2 fully saturated rings. The minimum atomic E-state index is -0.578. The molecule has 0 saturated carbocycles. The van der Waals surface area contributed by atoms with Crippen molar-refractivity contribution in [1.29, 1.82) is 0 Å². The molecule has 8 heteroatoms. The highest BCUT2D eigenvalue weighted by molar-refractivity contribution is 9.12. The van der Waals surface area contributed by atoms with E-state index in [9.17, 15) is 14.7 Å². The molecular formula is C16H12Br3NO4. The van der Waals surface area contributed by atoms with Gasteiger partial charge in [-0.05, 0) is 24.3 Å². The number of fused-ring (bicyclic) bond motifs is 5. The fourth-order valence-corrected chi connectivity index (χ4v) is 5.49. The van der Waals surface area contributed by atoms with Gasteiger partial charge >= 0.3 is 0 Å². The van der Waals surface area contributed by atoms with Crippen molar-refractivity contribution in [3.8, 4) is 0 Å². The maximum Gasteiger partial charge on any atom is 0.262 e. The van der Waals surface area contributed by atoms with Crippen molar-refractivity contribution in [2.75, 3.05) is 5.32 Å². The van der Waals surface area contributed by atoms with Gasteiger partial charge < -0.3 is 15.2 Å². The number of hydrogen-bond donors (Lipinski definition) is 2. The highest BCUT2D eigenvalue weighted by Gasteiger charge is 2.66. The number of amides is 1. The molecule has 4 rings (SSSR count). The van der Waals surface area contributed by atoms with Crippen molar-refractivity contribution >= 4 is 65.2 Å². The molecule has 0 radical (unpaired) electrons. The fourth-order valence-electron chi connectivity index (χ4n) is 3.72. The van der Waals surface area contributed by atoms with Crippen molar-refractivity contribution < 1.29 is 19.4 Å². The van der Waals surface area contributed by atoms with Gasteiger partial charge in [0.15, 0.2) is 5.78 Å². The third kappa shape index (κ3) is 2.34. The van der Waals surface area contributed by atoms with Gasteiger partial charge in [-0.25, -0.2) is 0 Å². The summed E-state index contributed by atoms with van der Waals surface area (Å²) in [5.41, 5.74) is 0.414. The van der Waals surface area contributed by atoms with Crippen LogP contribution in [-0.2, 0) is 14.3 Å². The number of carbonyl (C=O) groups is 2. The van der Waals surface area contributed by atoms with Gasteiger partial charge in [0.25, 0.3) is 5.91 Å². The summed E-state index contributed by atoms with van der Waals surface area (Å²) < 4.78 is 6.70. The lowest BCUT2D eigenvalue weighted by Gasteiger charge is -2.27. The molecule has 1 amide bonds. The van der Waals surface area contributed by atoms with Gasteiger partial charge in [0, 0.05) is 10.2 Å². The summed E-state index contributed by atoms with van der Waals surface area (Å²) in [5.74, 6) is -2.03. The molecule has 6 atom stereocenters. The Hall–Kier alpha value is -0.700. The molecule has 2 N–H and O–H groups in total. The number of ether oxygens (including phenoxy) is 1. The minimum Gasteiger partial charge on any atom is -0.511 e. The zero-order chi connectivity index (χ0) is 17.2. The first-order valence-electron chi connectivity index (χ1n) is 7.38. The quantitative estimate of drug-likeness (QED) is 0.462. The van der Waals surface area contributed by atoms with Crippen molar-refractivity contribution in [3.05, 3.63) is 40.1 Å². The maximum atomic E-state index is 12.7. The number of benzene rings is 1. The van der Waals surface area contributed by atoms with Gasteiger partial charge in [0.05, 0.1) is 33.7 Å². The van der Waals surface area contributed by atoms with E-state index >= 15 is 0 Å². The molecule has 126 valence electrons. The Balaban J connectivity index is 1.62. The lowest BCUT2D eigenvalue weighted by atomic mass is 9.80. The molecule has 2 aliphatic heterocycles. The number of nitrogens with one attached hydrogen (secondary N) is 1. The van der Waals surface area contributed by atoms with Crippen LogP contribution in [0.2, 0.25) is 0 Å². The Kier molecular flexibility index (Phi) is 4.14. The first-order chi connectivity index (χ1) is 11.4. The van der Waals surface area contributed by atoms with Crippen molar-refractivity contribution in [2.24, 2.45) is 11.8 Å². The van der Waals surface area contributed by atoms with Gasteiger partial charge in [-0.1, -0.05) is 47.8 Å². The van der Waals surface area contributed by atoms with Crippen LogP contribution in [0.4, 0.5) is 5.69 Å². The molecule has 5 nitrogen and oxygen atoms in total. The number of carbonyl (C=O) groups excluding carboxylic acids is 2. The number of halogens is 3. The second-order valence-electron chi connectivity index (χ2n) is 6.09. The summed E-state index contributed by atoms with van der Waals surface area (Å²) in [6.07, 6.45) is -0.650. The summed E-state index contributed by atoms with van der Waals surface area (Å²) in [7, 11) is 0. The Bertz CT molecular complexity index is 763. The van der Waals surface area contributed by atoms with E-state index in [1.165, 1.54) is 0 Å². The number of alkyl halides is 2. The lowest BCUT2D eigenvalue weighted by Crippen LogP contribution is -2.42. The second-order valence-corrected chi connectivity index (χ2v) is 9.12. The minimum absolute atomic E-state index is 0.00687. The van der Waals surface area contributed by atoms with Gasteiger partial charge in [0.1, 0.15) is 11.3 Å². The SMILES string of the molecule is O=C(Nc1ccc(Br)cc1)C1=C(O)C2C3OC(C(Br)C3Br)C2C1=O. The maximum absolute atomic E-state index is 12.7. The molecule has 0 aromatic heterocycles. The van der Waals surface area contributed by atoms with E-state index in [4.69, 9.17) is 4.74 Å². The van der Waals surface area contributed by atoms with Gasteiger partial charge in [-0.2, -0.15) is 0 Å². The average Bonchev–Trinajstić information content (AvgIpc) is 3.14. The summed E-state index contributed by atoms with van der Waals surface area (Å²) in [6.45, 7) is 0. The fraction of sp³-hybridized carbons (Fsp3) is 0.375. The predicted molar refractivity (Wildman–Crippen MR) is 98.5 cm³/mol. The van der Waals surface area contributed by atoms with Gasteiger partial charge in [-0.15, -0.1) is 0 Å². The Morgan fingerprint density at radius 1 is 1.08 bits per heavy atom. The largest absolute Gasteiger partial charge is 0.511 e. The first kappa shape index (κ1) is 16.8. The van der Waals surface area contributed by atoms with Crippen molar-refractivity contribution in [3.63, 3.8) is 0 Å². The molecule has 2 bridgehead atoms. The van der Waals surface area contributed by atoms with E-state index in [1.54, 1.807) is 24.3 Å². The molecule has 1 aromatic carbocycles. The molecule has 6 unspecified atom stereocenters. The summed E-state index contributed by atoms with van der Waals surface area (Å²) in [4.78, 5) is 25.2. The molecular weight excluding hydrogens is 510 g/mol. The number of hydrogen-bond acceptors (Lipinski definition) is 4. The third-order valence-corrected chi connectivity index (χ3v) is 8.21. The summed E-state index contributed by atoms with van der Waals surface area (Å²) in [6, 6.07) is 7.01. The second kappa shape index (κ2) is 5.93. The van der Waals surface area contributed by atoms with Crippen LogP contribution in [0.3, 0.4) is 0 Å². The van der Waals surface area contributed by atoms with E-state index < -0.39 is 17.7 Å². The van der Waals surface area contributed by atoms with Crippen LogP contribution >= 0.6 is 47.8 Å². The van der Waals surface area contributed by atoms with E-state index in [0.29, 0.717) is 5.69 Å². The van der Waals surface area contributed by atoms with Gasteiger partial charge in [-0.3, -0.25) is 9.59 Å². The average molecular weight is 522 g/mol. The van der Waals surface area contributed by atoms with E-state index in [1.807, 2.05) is 0 Å². The number of Topliss-reactive ketones (excluding diaryl/α,β-unsaturated/α-hetero) is 1. The normalized spacial score (nSPS) is 37.0. The molecule has 1 aliphatic carbocycles. The highest BCUT2D eigenvalue weighted by atomic mass is 79.9. The van der Waals surface area contributed by atoms with Crippen LogP contribution in [0.15, 0.2) is 40.1 Å². The first-order valence-corrected chi connectivity index (χ1v) is 10.0. The summed E-state index contributed by atoms with van der Waals surface area (Å²) >= 11 is 10.4. The van der Waals surface area contributed by atoms with E-state index in [2.05, 4.69) is 53.1 Å². The Morgan fingerprint density at radius 2 is 1.67 bits per heavy atom. The molecule has 0 spiro atoms. The summed E-state index contributed by atoms with van der Waals surface area (Å²) in [5, 5.41) is 13.2. The third-order valence-electron chi connectivity index (χ3n) is 4.79. The Labute approximate surface area is 163 Å². The van der Waals surface area contributed by atoms with Crippen LogP contribution in [0.1, 0.15) is 0 Å². The Morgan fingerprint density at radius 3 is 2.29 bits per heavy atom. The van der Waals surface area contributed by atoms with Crippen LogP contribution in [0.25, 0.3) is 0 Å². The lowest BCUT2D eigenvalue weighted by molar-refractivity contribution is -0.123. The molecule has 3 aliphatic rings. The van der Waals surface area contributed by atoms with Crippen molar-refractivity contribution in [2.45, 2.75) is 21.9 Å². The number of aliphatic hydroxyl groups excluding tert-OH is 1. The van der Waals surface area contributed by atoms with Gasteiger partial charge in [0.2, 0.25) is 0 Å². The monoisotopic (exact) mass is 519 g/mol. The smallest absolute Gasteiger partial charge is 0.262 e. The number of ketones is 1. The standard InChI is InChI=1S/C16H12Br3NO4/c17-5-1-3-6(4-2-5)20-16(23)9-12(21)7-8(13(9)22)15-11(19)10(18)14(7)24-15/h1-4,7-8,10-11,14-15,21H,(H,20,23). The zero-order valence-corrected chi connectivity index (χ0v) is 16.8. The topological polar surface area (TPSA) is 75.6 Å².